The highest BCUT2D eigenvalue weighted by atomic mass is 32.2. The predicted octanol–water partition coefficient (Wildman–Crippen LogP) is 1.41. The summed E-state index contributed by atoms with van der Waals surface area (Å²) >= 11 is 1.25. The van der Waals surface area contributed by atoms with E-state index in [1.165, 1.54) is 16.3 Å². The summed E-state index contributed by atoms with van der Waals surface area (Å²) in [6.45, 7) is 3.26. The quantitative estimate of drug-likeness (QED) is 0.368. The van der Waals surface area contributed by atoms with Gasteiger partial charge in [-0.3, -0.25) is 14.2 Å². The maximum atomic E-state index is 12.8. The Bertz CT molecular complexity index is 794. The van der Waals surface area contributed by atoms with Crippen LogP contribution in [0.5, 0.6) is 0 Å². The molecule has 0 spiro atoms. The Morgan fingerprint density at radius 2 is 2.15 bits per heavy atom. The number of aliphatic hydroxyl groups is 1. The second kappa shape index (κ2) is 10.3. The minimum absolute atomic E-state index is 0.0150. The molecule has 26 heavy (non-hydrogen) atoms. The summed E-state index contributed by atoms with van der Waals surface area (Å²) in [7, 11) is 1.62. The van der Waals surface area contributed by atoms with E-state index in [4.69, 9.17) is 9.84 Å². The molecule has 0 saturated heterocycles. The number of rotatable bonds is 10. The molecule has 1 aromatic carbocycles. The Labute approximate surface area is 156 Å². The number of thioether (sulfide) groups is 1. The van der Waals surface area contributed by atoms with Crippen molar-refractivity contribution in [2.75, 3.05) is 26.9 Å². The molecule has 2 aromatic rings. The van der Waals surface area contributed by atoms with Crippen LogP contribution in [0.1, 0.15) is 19.8 Å². The van der Waals surface area contributed by atoms with Crippen LogP contribution in [0, 0.1) is 0 Å². The minimum Gasteiger partial charge on any atom is -0.396 e. The first-order valence-corrected chi connectivity index (χ1v) is 9.50. The van der Waals surface area contributed by atoms with E-state index in [1.807, 2.05) is 6.07 Å². The van der Waals surface area contributed by atoms with Gasteiger partial charge in [0.2, 0.25) is 5.91 Å². The van der Waals surface area contributed by atoms with Crippen LogP contribution in [-0.2, 0) is 16.1 Å². The second-order valence-electron chi connectivity index (χ2n) is 5.84. The molecule has 0 aliphatic rings. The normalized spacial score (nSPS) is 12.3. The molecule has 1 heterocycles. The zero-order chi connectivity index (χ0) is 18.9. The fourth-order valence-corrected chi connectivity index (χ4v) is 3.41. The molecule has 0 aliphatic carbocycles. The molecule has 1 amide bonds. The van der Waals surface area contributed by atoms with E-state index in [-0.39, 0.29) is 18.1 Å². The molecule has 2 rings (SSSR count). The van der Waals surface area contributed by atoms with E-state index >= 15 is 0 Å². The molecular weight excluding hydrogens is 354 g/mol. The van der Waals surface area contributed by atoms with E-state index in [0.717, 1.165) is 6.42 Å². The number of ether oxygens (including phenoxy) is 1. The van der Waals surface area contributed by atoms with Crippen molar-refractivity contribution in [1.82, 2.24) is 14.9 Å². The maximum absolute atomic E-state index is 12.8. The van der Waals surface area contributed by atoms with Crippen LogP contribution in [-0.4, -0.2) is 52.7 Å². The Hall–Kier alpha value is -1.90. The van der Waals surface area contributed by atoms with Crippen molar-refractivity contribution in [1.29, 1.82) is 0 Å². The molecule has 2 N–H and O–H groups in total. The number of aromatic nitrogens is 2. The smallest absolute Gasteiger partial charge is 0.262 e. The summed E-state index contributed by atoms with van der Waals surface area (Å²) in [5.74, 6) is -0.109. The third-order valence-electron chi connectivity index (χ3n) is 3.84. The topological polar surface area (TPSA) is 93.5 Å². The van der Waals surface area contributed by atoms with Crippen LogP contribution >= 0.6 is 11.8 Å². The number of para-hydroxylation sites is 1. The van der Waals surface area contributed by atoms with E-state index < -0.39 is 5.25 Å². The maximum Gasteiger partial charge on any atom is 0.262 e. The van der Waals surface area contributed by atoms with Gasteiger partial charge in [-0.2, -0.15) is 0 Å². The monoisotopic (exact) mass is 379 g/mol. The second-order valence-corrected chi connectivity index (χ2v) is 7.15. The van der Waals surface area contributed by atoms with Gasteiger partial charge in [0, 0.05) is 33.4 Å². The van der Waals surface area contributed by atoms with Gasteiger partial charge >= 0.3 is 0 Å². The highest BCUT2D eigenvalue weighted by Crippen LogP contribution is 2.22. The number of carbonyl (C=O) groups is 1. The predicted molar refractivity (Wildman–Crippen MR) is 103 cm³/mol. The molecule has 7 nitrogen and oxygen atoms in total. The molecule has 0 bridgehead atoms. The molecule has 142 valence electrons. The van der Waals surface area contributed by atoms with Gasteiger partial charge in [-0.1, -0.05) is 23.9 Å². The highest BCUT2D eigenvalue weighted by Gasteiger charge is 2.19. The van der Waals surface area contributed by atoms with Crippen molar-refractivity contribution in [3.63, 3.8) is 0 Å². The van der Waals surface area contributed by atoms with Gasteiger partial charge in [0.25, 0.3) is 5.56 Å². The number of fused-ring (bicyclic) bond motifs is 1. The molecule has 1 atom stereocenters. The van der Waals surface area contributed by atoms with Gasteiger partial charge < -0.3 is 15.2 Å². The average molecular weight is 379 g/mol. The first-order valence-electron chi connectivity index (χ1n) is 8.62. The molecule has 0 fully saturated rings. The van der Waals surface area contributed by atoms with Crippen molar-refractivity contribution in [3.8, 4) is 0 Å². The summed E-state index contributed by atoms with van der Waals surface area (Å²) < 4.78 is 6.50. The molecule has 8 heteroatoms. The minimum atomic E-state index is -0.397. The molecule has 1 unspecified atom stereocenters. The van der Waals surface area contributed by atoms with E-state index in [9.17, 15) is 9.59 Å². The SMILES string of the molecule is COCCCNC(=O)C(C)Sc1nc2ccccc2c(=O)n1CCCO. The van der Waals surface area contributed by atoms with Gasteiger partial charge in [0.1, 0.15) is 0 Å². The van der Waals surface area contributed by atoms with Crippen LogP contribution < -0.4 is 10.9 Å². The highest BCUT2D eigenvalue weighted by molar-refractivity contribution is 8.00. The molecule has 0 saturated carbocycles. The van der Waals surface area contributed by atoms with Crippen LogP contribution in [0.2, 0.25) is 0 Å². The third-order valence-corrected chi connectivity index (χ3v) is 4.93. The fraction of sp³-hybridized carbons (Fsp3) is 0.500. The zero-order valence-corrected chi connectivity index (χ0v) is 15.9. The standard InChI is InChI=1S/C18H25N3O4S/c1-13(16(23)19-9-5-12-25-2)26-18-20-15-8-4-3-7-14(15)17(24)21(18)10-6-11-22/h3-4,7-8,13,22H,5-6,9-12H2,1-2H3,(H,19,23). The Morgan fingerprint density at radius 3 is 2.88 bits per heavy atom. The summed E-state index contributed by atoms with van der Waals surface area (Å²) in [5, 5.41) is 12.6. The van der Waals surface area contributed by atoms with E-state index in [0.29, 0.717) is 42.2 Å². The number of hydrogen-bond acceptors (Lipinski definition) is 6. The van der Waals surface area contributed by atoms with Crippen molar-refractivity contribution in [2.24, 2.45) is 0 Å². The molecule has 1 aromatic heterocycles. The lowest BCUT2D eigenvalue weighted by Gasteiger charge is -2.16. The van der Waals surface area contributed by atoms with Gasteiger partial charge in [-0.05, 0) is 31.9 Å². The van der Waals surface area contributed by atoms with Crippen molar-refractivity contribution < 1.29 is 14.6 Å². The van der Waals surface area contributed by atoms with E-state index in [1.54, 1.807) is 32.2 Å². The van der Waals surface area contributed by atoms with Gasteiger partial charge in [-0.25, -0.2) is 4.98 Å². The number of methoxy groups -OCH3 is 1. The van der Waals surface area contributed by atoms with Crippen molar-refractivity contribution in [2.45, 2.75) is 36.7 Å². The lowest BCUT2D eigenvalue weighted by atomic mass is 10.2. The summed E-state index contributed by atoms with van der Waals surface area (Å²) in [6, 6.07) is 7.14. The number of carbonyl (C=O) groups excluding carboxylic acids is 1. The largest absolute Gasteiger partial charge is 0.396 e. The molecular formula is C18H25N3O4S. The number of amides is 1. The molecule has 0 radical (unpaired) electrons. The first kappa shape index (κ1) is 20.4. The van der Waals surface area contributed by atoms with Crippen LogP contribution in [0.4, 0.5) is 0 Å². The van der Waals surface area contributed by atoms with Crippen LogP contribution in [0.25, 0.3) is 10.9 Å². The lowest BCUT2D eigenvalue weighted by molar-refractivity contribution is -0.120. The Kier molecular flexibility index (Phi) is 8.08. The van der Waals surface area contributed by atoms with Gasteiger partial charge in [0.15, 0.2) is 5.16 Å². The number of benzene rings is 1. The Morgan fingerprint density at radius 1 is 1.38 bits per heavy atom. The fourth-order valence-electron chi connectivity index (χ4n) is 2.45. The van der Waals surface area contributed by atoms with Crippen LogP contribution in [0.15, 0.2) is 34.2 Å². The van der Waals surface area contributed by atoms with Gasteiger partial charge in [0.05, 0.1) is 16.2 Å². The number of aliphatic hydroxyl groups excluding tert-OH is 1. The Balaban J connectivity index is 2.21. The van der Waals surface area contributed by atoms with Crippen molar-refractivity contribution >= 4 is 28.6 Å². The number of hydrogen-bond donors (Lipinski definition) is 2. The number of nitrogens with one attached hydrogen (secondary N) is 1. The average Bonchev–Trinajstić information content (AvgIpc) is 2.65. The first-order chi connectivity index (χ1) is 12.6. The van der Waals surface area contributed by atoms with E-state index in [2.05, 4.69) is 10.3 Å². The zero-order valence-electron chi connectivity index (χ0n) is 15.1. The summed E-state index contributed by atoms with van der Waals surface area (Å²) in [6.07, 6.45) is 1.19. The molecule has 0 aliphatic heterocycles. The number of nitrogens with zero attached hydrogens (tertiary/aromatic N) is 2. The summed E-state index contributed by atoms with van der Waals surface area (Å²) in [4.78, 5) is 29.6. The lowest BCUT2D eigenvalue weighted by Crippen LogP contribution is -2.33. The van der Waals surface area contributed by atoms with Crippen LogP contribution in [0.3, 0.4) is 0 Å². The van der Waals surface area contributed by atoms with Gasteiger partial charge in [-0.15, -0.1) is 0 Å². The summed E-state index contributed by atoms with van der Waals surface area (Å²) in [5.41, 5.74) is 0.451. The van der Waals surface area contributed by atoms with Crippen molar-refractivity contribution in [3.05, 3.63) is 34.6 Å². The third kappa shape index (κ3) is 5.30.